The molecular formula is C19H33IN4O3. The Morgan fingerprint density at radius 1 is 1.37 bits per heavy atom. The Labute approximate surface area is 178 Å². The van der Waals surface area contributed by atoms with Gasteiger partial charge in [-0.05, 0) is 50.9 Å². The number of nitrogens with zero attached hydrogens (tertiary/aromatic N) is 2. The first-order valence-corrected chi connectivity index (χ1v) is 9.67. The Morgan fingerprint density at radius 3 is 2.78 bits per heavy atom. The zero-order valence-corrected chi connectivity index (χ0v) is 18.5. The minimum atomic E-state index is 0. The highest BCUT2D eigenvalue weighted by atomic mass is 127. The van der Waals surface area contributed by atoms with Gasteiger partial charge >= 0.3 is 0 Å². The third-order valence-electron chi connectivity index (χ3n) is 5.60. The number of halogens is 1. The van der Waals surface area contributed by atoms with E-state index in [1.54, 1.807) is 13.3 Å². The van der Waals surface area contributed by atoms with Crippen molar-refractivity contribution in [2.75, 3.05) is 53.0 Å². The molecule has 0 bridgehead atoms. The van der Waals surface area contributed by atoms with Crippen molar-refractivity contribution < 1.29 is 14.3 Å². The number of ether oxygens (including phenoxy) is 1. The summed E-state index contributed by atoms with van der Waals surface area (Å²) < 4.78 is 11.2. The zero-order valence-electron chi connectivity index (χ0n) is 16.2. The fraction of sp³-hybridized carbons (Fsp3) is 0.737. The average Bonchev–Trinajstić information content (AvgIpc) is 3.41. The SMILES string of the molecule is CN=C(NCC(c1ccco1)N1CCCC1)NCC1(CCO)CCOC1.I. The van der Waals surface area contributed by atoms with Crippen molar-refractivity contribution in [3.63, 3.8) is 0 Å². The first-order valence-electron chi connectivity index (χ1n) is 9.67. The lowest BCUT2D eigenvalue weighted by atomic mass is 9.84. The lowest BCUT2D eigenvalue weighted by Crippen LogP contribution is -2.46. The van der Waals surface area contributed by atoms with Crippen LogP contribution in [0.25, 0.3) is 0 Å². The second-order valence-electron chi connectivity index (χ2n) is 7.36. The summed E-state index contributed by atoms with van der Waals surface area (Å²) in [6, 6.07) is 4.21. The second-order valence-corrected chi connectivity index (χ2v) is 7.36. The normalized spacial score (nSPS) is 24.6. The maximum Gasteiger partial charge on any atom is 0.191 e. The first kappa shape index (κ1) is 22.4. The van der Waals surface area contributed by atoms with Gasteiger partial charge in [0.25, 0.3) is 0 Å². The van der Waals surface area contributed by atoms with E-state index in [-0.39, 0.29) is 42.0 Å². The molecule has 7 nitrogen and oxygen atoms in total. The zero-order chi connectivity index (χ0) is 18.2. The summed E-state index contributed by atoms with van der Waals surface area (Å²) >= 11 is 0. The van der Waals surface area contributed by atoms with E-state index in [4.69, 9.17) is 9.15 Å². The van der Waals surface area contributed by atoms with Gasteiger partial charge in [-0.25, -0.2) is 0 Å². The number of hydrogen-bond donors (Lipinski definition) is 3. The number of hydrogen-bond acceptors (Lipinski definition) is 5. The molecule has 1 aromatic heterocycles. The Hall–Kier alpha value is -0.840. The van der Waals surface area contributed by atoms with Gasteiger partial charge in [0.2, 0.25) is 0 Å². The van der Waals surface area contributed by atoms with Crippen molar-refractivity contribution in [2.24, 2.45) is 10.4 Å². The smallest absolute Gasteiger partial charge is 0.191 e. The van der Waals surface area contributed by atoms with Gasteiger partial charge in [0.05, 0.1) is 18.9 Å². The average molecular weight is 492 g/mol. The van der Waals surface area contributed by atoms with E-state index in [1.807, 2.05) is 12.1 Å². The van der Waals surface area contributed by atoms with Crippen LogP contribution < -0.4 is 10.6 Å². The van der Waals surface area contributed by atoms with Crippen LogP contribution in [0.5, 0.6) is 0 Å². The monoisotopic (exact) mass is 492 g/mol. The lowest BCUT2D eigenvalue weighted by molar-refractivity contribution is 0.127. The van der Waals surface area contributed by atoms with Crippen LogP contribution in [0.3, 0.4) is 0 Å². The third-order valence-corrected chi connectivity index (χ3v) is 5.60. The molecule has 2 aliphatic rings. The Bertz CT molecular complexity index is 555. The predicted octanol–water partition coefficient (Wildman–Crippen LogP) is 1.99. The molecule has 27 heavy (non-hydrogen) atoms. The van der Waals surface area contributed by atoms with Gasteiger partial charge in [-0.2, -0.15) is 0 Å². The topological polar surface area (TPSA) is 82.3 Å². The minimum Gasteiger partial charge on any atom is -0.468 e. The quantitative estimate of drug-likeness (QED) is 0.293. The van der Waals surface area contributed by atoms with Gasteiger partial charge in [-0.3, -0.25) is 9.89 Å². The maximum atomic E-state index is 9.37. The summed E-state index contributed by atoms with van der Waals surface area (Å²) in [6.45, 7) is 5.36. The molecule has 3 heterocycles. The highest BCUT2D eigenvalue weighted by molar-refractivity contribution is 14.0. The minimum absolute atomic E-state index is 0. The van der Waals surface area contributed by atoms with Crippen LogP contribution in [0.4, 0.5) is 0 Å². The van der Waals surface area contributed by atoms with Crippen LogP contribution in [0, 0.1) is 5.41 Å². The summed E-state index contributed by atoms with van der Waals surface area (Å²) in [4.78, 5) is 6.83. The first-order chi connectivity index (χ1) is 12.8. The molecule has 0 spiro atoms. The number of likely N-dealkylation sites (tertiary alicyclic amines) is 1. The van der Waals surface area contributed by atoms with Crippen molar-refractivity contribution in [3.8, 4) is 0 Å². The molecule has 154 valence electrons. The van der Waals surface area contributed by atoms with Crippen molar-refractivity contribution in [1.29, 1.82) is 0 Å². The largest absolute Gasteiger partial charge is 0.468 e. The number of aliphatic imine (C=N–C) groups is 1. The van der Waals surface area contributed by atoms with Crippen molar-refractivity contribution in [2.45, 2.75) is 31.7 Å². The molecule has 3 N–H and O–H groups in total. The molecule has 0 aromatic carbocycles. The molecule has 2 aliphatic heterocycles. The maximum absolute atomic E-state index is 9.37. The Kier molecular flexibility index (Phi) is 9.34. The van der Waals surface area contributed by atoms with E-state index in [9.17, 15) is 5.11 Å². The number of nitrogens with one attached hydrogen (secondary N) is 2. The molecule has 8 heteroatoms. The summed E-state index contributed by atoms with van der Waals surface area (Å²) in [5, 5.41) is 16.3. The van der Waals surface area contributed by atoms with Gasteiger partial charge in [0.15, 0.2) is 5.96 Å². The van der Waals surface area contributed by atoms with E-state index in [0.717, 1.165) is 57.3 Å². The predicted molar refractivity (Wildman–Crippen MR) is 117 cm³/mol. The number of furan rings is 1. The lowest BCUT2D eigenvalue weighted by Gasteiger charge is -2.29. The van der Waals surface area contributed by atoms with Crippen molar-refractivity contribution >= 4 is 29.9 Å². The summed E-state index contributed by atoms with van der Waals surface area (Å²) in [5.74, 6) is 1.78. The number of aliphatic hydroxyl groups is 1. The van der Waals surface area contributed by atoms with E-state index in [2.05, 4.69) is 20.5 Å². The standard InChI is InChI=1S/C19H32N4O3.HI/c1-20-18(22-14-19(6-10-24)7-12-25-15-19)21-13-16(17-5-4-11-26-17)23-8-2-3-9-23;/h4-5,11,16,24H,2-3,6-10,12-15H2,1H3,(H2,20,21,22);1H. The summed E-state index contributed by atoms with van der Waals surface area (Å²) in [6.07, 6.45) is 5.95. The van der Waals surface area contributed by atoms with Crippen LogP contribution in [0.15, 0.2) is 27.8 Å². The van der Waals surface area contributed by atoms with Crippen LogP contribution in [-0.2, 0) is 4.74 Å². The van der Waals surface area contributed by atoms with Crippen molar-refractivity contribution in [1.82, 2.24) is 15.5 Å². The third kappa shape index (κ3) is 6.07. The summed E-state index contributed by atoms with van der Waals surface area (Å²) in [5.41, 5.74) is 0.00172. The fourth-order valence-electron chi connectivity index (χ4n) is 3.94. The molecule has 0 aliphatic carbocycles. The highest BCUT2D eigenvalue weighted by Gasteiger charge is 2.34. The molecule has 1 aromatic rings. The van der Waals surface area contributed by atoms with E-state index in [0.29, 0.717) is 6.61 Å². The van der Waals surface area contributed by atoms with E-state index < -0.39 is 0 Å². The van der Waals surface area contributed by atoms with Crippen LogP contribution in [0.1, 0.15) is 37.5 Å². The number of guanidine groups is 1. The number of aliphatic hydroxyl groups excluding tert-OH is 1. The van der Waals surface area contributed by atoms with Gasteiger partial charge in [-0.1, -0.05) is 0 Å². The summed E-state index contributed by atoms with van der Waals surface area (Å²) in [7, 11) is 1.79. The highest BCUT2D eigenvalue weighted by Crippen LogP contribution is 2.31. The molecular weight excluding hydrogens is 459 g/mol. The molecule has 2 atom stereocenters. The van der Waals surface area contributed by atoms with Gasteiger partial charge < -0.3 is 24.9 Å². The molecule has 0 radical (unpaired) electrons. The molecule has 2 fully saturated rings. The van der Waals surface area contributed by atoms with Gasteiger partial charge in [0, 0.05) is 38.8 Å². The molecule has 0 saturated carbocycles. The van der Waals surface area contributed by atoms with Gasteiger partial charge in [-0.15, -0.1) is 24.0 Å². The van der Waals surface area contributed by atoms with Crippen LogP contribution in [0.2, 0.25) is 0 Å². The van der Waals surface area contributed by atoms with E-state index >= 15 is 0 Å². The number of rotatable bonds is 8. The molecule has 3 rings (SSSR count). The Balaban J connectivity index is 0.00000261. The Morgan fingerprint density at radius 2 is 2.19 bits per heavy atom. The van der Waals surface area contributed by atoms with Crippen molar-refractivity contribution in [3.05, 3.63) is 24.2 Å². The van der Waals surface area contributed by atoms with Gasteiger partial charge in [0.1, 0.15) is 5.76 Å². The molecule has 2 unspecified atom stereocenters. The van der Waals surface area contributed by atoms with Crippen LogP contribution in [-0.4, -0.2) is 69.0 Å². The molecule has 2 saturated heterocycles. The molecule has 0 amide bonds. The second kappa shape index (κ2) is 11.2. The fourth-order valence-corrected chi connectivity index (χ4v) is 3.94. The van der Waals surface area contributed by atoms with E-state index in [1.165, 1.54) is 12.8 Å². The van der Waals surface area contributed by atoms with Crippen LogP contribution >= 0.6 is 24.0 Å².